The second-order valence-corrected chi connectivity index (χ2v) is 3.23. The van der Waals surface area contributed by atoms with Crippen LogP contribution < -0.4 is 5.73 Å². The predicted molar refractivity (Wildman–Crippen MR) is 50.5 cm³/mol. The van der Waals surface area contributed by atoms with E-state index >= 15 is 0 Å². The van der Waals surface area contributed by atoms with E-state index in [1.54, 1.807) is 0 Å². The SMILES string of the molecule is C=CCN(CCN)CC(C)C. The summed E-state index contributed by atoms with van der Waals surface area (Å²) in [5.74, 6) is 0.710. The quantitative estimate of drug-likeness (QED) is 0.583. The topological polar surface area (TPSA) is 29.3 Å². The molecular formula is C9H20N2. The zero-order chi connectivity index (χ0) is 8.69. The number of rotatable bonds is 6. The van der Waals surface area contributed by atoms with Crippen LogP contribution in [-0.4, -0.2) is 31.1 Å². The first-order chi connectivity index (χ1) is 5.20. The number of hydrogen-bond donors (Lipinski definition) is 1. The van der Waals surface area contributed by atoms with Gasteiger partial charge in [-0.05, 0) is 5.92 Å². The van der Waals surface area contributed by atoms with Crippen molar-refractivity contribution in [2.75, 3.05) is 26.2 Å². The van der Waals surface area contributed by atoms with Crippen LogP contribution in [0.5, 0.6) is 0 Å². The molecule has 0 aromatic rings. The van der Waals surface area contributed by atoms with E-state index in [0.717, 1.165) is 26.2 Å². The van der Waals surface area contributed by atoms with E-state index in [2.05, 4.69) is 25.3 Å². The predicted octanol–water partition coefficient (Wildman–Crippen LogP) is 1.09. The fourth-order valence-electron chi connectivity index (χ4n) is 1.14. The summed E-state index contributed by atoms with van der Waals surface area (Å²) in [7, 11) is 0. The van der Waals surface area contributed by atoms with Gasteiger partial charge in [0.25, 0.3) is 0 Å². The Balaban J connectivity index is 3.58. The van der Waals surface area contributed by atoms with Crippen LogP contribution in [0.15, 0.2) is 12.7 Å². The highest BCUT2D eigenvalue weighted by Gasteiger charge is 2.02. The van der Waals surface area contributed by atoms with Crippen molar-refractivity contribution in [2.24, 2.45) is 11.7 Å². The third-order valence-corrected chi connectivity index (χ3v) is 1.46. The van der Waals surface area contributed by atoms with Gasteiger partial charge in [0.05, 0.1) is 0 Å². The van der Waals surface area contributed by atoms with Gasteiger partial charge in [0, 0.05) is 26.2 Å². The third-order valence-electron chi connectivity index (χ3n) is 1.46. The number of hydrogen-bond acceptors (Lipinski definition) is 2. The van der Waals surface area contributed by atoms with Gasteiger partial charge in [-0.1, -0.05) is 19.9 Å². The van der Waals surface area contributed by atoms with Crippen LogP contribution in [0.1, 0.15) is 13.8 Å². The summed E-state index contributed by atoms with van der Waals surface area (Å²) >= 11 is 0. The van der Waals surface area contributed by atoms with E-state index in [1.807, 2.05) is 6.08 Å². The highest BCUT2D eigenvalue weighted by Crippen LogP contribution is 1.97. The van der Waals surface area contributed by atoms with E-state index in [-0.39, 0.29) is 0 Å². The molecule has 0 saturated carbocycles. The summed E-state index contributed by atoms with van der Waals surface area (Å²) in [4.78, 5) is 2.32. The molecule has 2 heteroatoms. The Bertz CT molecular complexity index is 99.7. The van der Waals surface area contributed by atoms with Crippen LogP contribution in [0.4, 0.5) is 0 Å². The van der Waals surface area contributed by atoms with E-state index < -0.39 is 0 Å². The van der Waals surface area contributed by atoms with Gasteiger partial charge in [-0.25, -0.2) is 0 Å². The van der Waals surface area contributed by atoms with Gasteiger partial charge in [-0.15, -0.1) is 6.58 Å². The molecule has 0 aromatic carbocycles. The van der Waals surface area contributed by atoms with Crippen molar-refractivity contribution < 1.29 is 0 Å². The van der Waals surface area contributed by atoms with E-state index in [4.69, 9.17) is 5.73 Å². The molecule has 0 bridgehead atoms. The number of nitrogens with zero attached hydrogens (tertiary/aromatic N) is 1. The molecule has 2 nitrogen and oxygen atoms in total. The maximum absolute atomic E-state index is 5.46. The molecule has 0 aliphatic rings. The first-order valence-electron chi connectivity index (χ1n) is 4.24. The zero-order valence-corrected chi connectivity index (χ0v) is 7.71. The maximum Gasteiger partial charge on any atom is 0.0161 e. The summed E-state index contributed by atoms with van der Waals surface area (Å²) in [6.07, 6.45) is 1.93. The second-order valence-electron chi connectivity index (χ2n) is 3.23. The monoisotopic (exact) mass is 156 g/mol. The smallest absolute Gasteiger partial charge is 0.0161 e. The minimum absolute atomic E-state index is 0.710. The van der Waals surface area contributed by atoms with Gasteiger partial charge in [0.15, 0.2) is 0 Å². The second kappa shape index (κ2) is 6.38. The van der Waals surface area contributed by atoms with Crippen LogP contribution in [0.3, 0.4) is 0 Å². The van der Waals surface area contributed by atoms with Crippen molar-refractivity contribution in [3.8, 4) is 0 Å². The molecule has 66 valence electrons. The summed E-state index contributed by atoms with van der Waals surface area (Å²) in [5, 5.41) is 0. The summed E-state index contributed by atoms with van der Waals surface area (Å²) < 4.78 is 0. The Hall–Kier alpha value is -0.340. The van der Waals surface area contributed by atoms with Crippen molar-refractivity contribution >= 4 is 0 Å². The molecule has 0 heterocycles. The molecule has 0 unspecified atom stereocenters. The minimum Gasteiger partial charge on any atom is -0.329 e. The minimum atomic E-state index is 0.710. The van der Waals surface area contributed by atoms with Crippen molar-refractivity contribution in [2.45, 2.75) is 13.8 Å². The highest BCUT2D eigenvalue weighted by atomic mass is 15.1. The third kappa shape index (κ3) is 6.07. The molecule has 0 aromatic heterocycles. The Labute approximate surface area is 70.1 Å². The van der Waals surface area contributed by atoms with E-state index in [9.17, 15) is 0 Å². The van der Waals surface area contributed by atoms with Gasteiger partial charge < -0.3 is 5.73 Å². The Morgan fingerprint density at radius 1 is 1.55 bits per heavy atom. The molecule has 0 rings (SSSR count). The Kier molecular flexibility index (Phi) is 6.18. The van der Waals surface area contributed by atoms with Crippen molar-refractivity contribution in [1.82, 2.24) is 4.90 Å². The molecular weight excluding hydrogens is 136 g/mol. The molecule has 0 spiro atoms. The number of nitrogens with two attached hydrogens (primary N) is 1. The first kappa shape index (κ1) is 10.7. The molecule has 11 heavy (non-hydrogen) atoms. The van der Waals surface area contributed by atoms with Crippen molar-refractivity contribution in [1.29, 1.82) is 0 Å². The largest absolute Gasteiger partial charge is 0.329 e. The molecule has 0 saturated heterocycles. The molecule has 0 fully saturated rings. The molecule has 0 aliphatic heterocycles. The van der Waals surface area contributed by atoms with Crippen LogP contribution in [0.2, 0.25) is 0 Å². The lowest BCUT2D eigenvalue weighted by molar-refractivity contribution is 0.276. The van der Waals surface area contributed by atoms with Gasteiger partial charge in [-0.3, -0.25) is 4.90 Å². The molecule has 0 aliphatic carbocycles. The fourth-order valence-corrected chi connectivity index (χ4v) is 1.14. The summed E-state index contributed by atoms with van der Waals surface area (Å²) in [5.41, 5.74) is 5.46. The van der Waals surface area contributed by atoms with Gasteiger partial charge in [-0.2, -0.15) is 0 Å². The van der Waals surface area contributed by atoms with Crippen LogP contribution >= 0.6 is 0 Å². The molecule has 2 N–H and O–H groups in total. The summed E-state index contributed by atoms with van der Waals surface area (Å²) in [6, 6.07) is 0. The molecule has 0 atom stereocenters. The summed E-state index contributed by atoms with van der Waals surface area (Å²) in [6.45, 7) is 11.9. The first-order valence-corrected chi connectivity index (χ1v) is 4.24. The lowest BCUT2D eigenvalue weighted by Crippen LogP contribution is -2.32. The zero-order valence-electron chi connectivity index (χ0n) is 7.71. The van der Waals surface area contributed by atoms with Crippen LogP contribution in [0, 0.1) is 5.92 Å². The Morgan fingerprint density at radius 3 is 2.55 bits per heavy atom. The average molecular weight is 156 g/mol. The van der Waals surface area contributed by atoms with Crippen molar-refractivity contribution in [3.05, 3.63) is 12.7 Å². The highest BCUT2D eigenvalue weighted by molar-refractivity contribution is 4.74. The van der Waals surface area contributed by atoms with Gasteiger partial charge in [0.2, 0.25) is 0 Å². The lowest BCUT2D eigenvalue weighted by atomic mass is 10.2. The fraction of sp³-hybridized carbons (Fsp3) is 0.778. The van der Waals surface area contributed by atoms with Crippen molar-refractivity contribution in [3.63, 3.8) is 0 Å². The van der Waals surface area contributed by atoms with E-state index in [0.29, 0.717) is 5.92 Å². The van der Waals surface area contributed by atoms with Gasteiger partial charge >= 0.3 is 0 Å². The van der Waals surface area contributed by atoms with Gasteiger partial charge in [0.1, 0.15) is 0 Å². The maximum atomic E-state index is 5.46. The van der Waals surface area contributed by atoms with E-state index in [1.165, 1.54) is 0 Å². The average Bonchev–Trinajstić information content (AvgIpc) is 1.87. The van der Waals surface area contributed by atoms with Crippen LogP contribution in [-0.2, 0) is 0 Å². The van der Waals surface area contributed by atoms with Crippen LogP contribution in [0.25, 0.3) is 0 Å². The molecule has 0 amide bonds. The molecule has 0 radical (unpaired) electrons. The lowest BCUT2D eigenvalue weighted by Gasteiger charge is -2.21. The Morgan fingerprint density at radius 2 is 2.18 bits per heavy atom. The normalized spacial score (nSPS) is 11.0. The standard InChI is InChI=1S/C9H20N2/c1-4-6-11(7-5-10)8-9(2)3/h4,9H,1,5-8,10H2,2-3H3.